The zero-order valence-corrected chi connectivity index (χ0v) is 12.1. The van der Waals surface area contributed by atoms with Crippen molar-refractivity contribution in [1.29, 1.82) is 0 Å². The molecule has 1 saturated carbocycles. The van der Waals surface area contributed by atoms with Crippen LogP contribution in [0.4, 0.5) is 0 Å². The summed E-state index contributed by atoms with van der Waals surface area (Å²) in [5.74, 6) is -0.408. The highest BCUT2D eigenvalue weighted by molar-refractivity contribution is 5.83. The Hall–Kier alpha value is -1.55. The second-order valence-electron chi connectivity index (χ2n) is 6.18. The first kappa shape index (κ1) is 14.4. The van der Waals surface area contributed by atoms with Crippen LogP contribution in [0.2, 0.25) is 0 Å². The van der Waals surface area contributed by atoms with Crippen LogP contribution in [-0.4, -0.2) is 28.9 Å². The summed E-state index contributed by atoms with van der Waals surface area (Å²) < 4.78 is 5.64. The zero-order chi connectivity index (χ0) is 14.9. The standard InChI is InChI=1S/C17H22O4/c18-14-8-3-1-2-6-12(14)17(16(19)20)10-11-21-15-9-5-4-7-13(15)17/h4-5,7,9,12,14,18H,1-3,6,8,10-11H2,(H,19,20). The van der Waals surface area contributed by atoms with Gasteiger partial charge in [0, 0.05) is 17.9 Å². The van der Waals surface area contributed by atoms with E-state index >= 15 is 0 Å². The largest absolute Gasteiger partial charge is 0.493 e. The second-order valence-corrected chi connectivity index (χ2v) is 6.18. The van der Waals surface area contributed by atoms with Crippen molar-refractivity contribution in [2.45, 2.75) is 50.0 Å². The summed E-state index contributed by atoms with van der Waals surface area (Å²) in [6.07, 6.45) is 4.38. The molecule has 1 aromatic rings. The number of hydrogen-bond donors (Lipinski definition) is 2. The Morgan fingerprint density at radius 1 is 1.19 bits per heavy atom. The Labute approximate surface area is 124 Å². The van der Waals surface area contributed by atoms with Crippen molar-refractivity contribution in [2.75, 3.05) is 6.61 Å². The predicted molar refractivity (Wildman–Crippen MR) is 78.4 cm³/mol. The number of para-hydroxylation sites is 1. The molecule has 4 nitrogen and oxygen atoms in total. The number of carboxylic acid groups (broad SMARTS) is 1. The number of rotatable bonds is 2. The average molecular weight is 290 g/mol. The van der Waals surface area contributed by atoms with Gasteiger partial charge in [-0.25, -0.2) is 0 Å². The number of aliphatic hydroxyl groups is 1. The maximum absolute atomic E-state index is 12.2. The zero-order valence-electron chi connectivity index (χ0n) is 12.1. The van der Waals surface area contributed by atoms with Gasteiger partial charge in [0.25, 0.3) is 0 Å². The van der Waals surface area contributed by atoms with Crippen LogP contribution in [0.3, 0.4) is 0 Å². The summed E-state index contributed by atoms with van der Waals surface area (Å²) in [5.41, 5.74) is -0.284. The molecule has 3 atom stereocenters. The van der Waals surface area contributed by atoms with Crippen molar-refractivity contribution < 1.29 is 19.7 Å². The molecule has 1 aliphatic carbocycles. The van der Waals surface area contributed by atoms with Gasteiger partial charge in [0.05, 0.1) is 12.7 Å². The molecule has 4 heteroatoms. The molecule has 0 spiro atoms. The van der Waals surface area contributed by atoms with Crippen LogP contribution in [-0.2, 0) is 10.2 Å². The number of aliphatic hydroxyl groups excluding tert-OH is 1. The van der Waals surface area contributed by atoms with E-state index in [-0.39, 0.29) is 5.92 Å². The van der Waals surface area contributed by atoms with Gasteiger partial charge >= 0.3 is 5.97 Å². The normalized spacial score (nSPS) is 32.6. The molecule has 21 heavy (non-hydrogen) atoms. The Kier molecular flexibility index (Phi) is 3.89. The molecular formula is C17H22O4. The van der Waals surface area contributed by atoms with Crippen molar-refractivity contribution in [3.05, 3.63) is 29.8 Å². The van der Waals surface area contributed by atoms with Crippen LogP contribution in [0, 0.1) is 5.92 Å². The topological polar surface area (TPSA) is 66.8 Å². The lowest BCUT2D eigenvalue weighted by atomic mass is 9.63. The van der Waals surface area contributed by atoms with Crippen LogP contribution in [0.15, 0.2) is 24.3 Å². The number of carboxylic acids is 1. The molecule has 3 unspecified atom stereocenters. The van der Waals surface area contributed by atoms with Gasteiger partial charge in [-0.1, -0.05) is 37.5 Å². The van der Waals surface area contributed by atoms with E-state index in [9.17, 15) is 15.0 Å². The minimum absolute atomic E-state index is 0.234. The Balaban J connectivity index is 2.11. The second kappa shape index (κ2) is 5.68. The van der Waals surface area contributed by atoms with Gasteiger partial charge < -0.3 is 14.9 Å². The highest BCUT2D eigenvalue weighted by Crippen LogP contribution is 2.48. The minimum Gasteiger partial charge on any atom is -0.493 e. The van der Waals surface area contributed by atoms with Crippen molar-refractivity contribution in [3.63, 3.8) is 0 Å². The van der Waals surface area contributed by atoms with E-state index in [0.717, 1.165) is 31.2 Å². The lowest BCUT2D eigenvalue weighted by Crippen LogP contribution is -2.50. The van der Waals surface area contributed by atoms with Crippen molar-refractivity contribution in [2.24, 2.45) is 5.92 Å². The SMILES string of the molecule is O=C(O)C1(C2CCCCCC2O)CCOc2ccccc21. The fourth-order valence-corrected chi connectivity index (χ4v) is 4.05. The third-order valence-corrected chi connectivity index (χ3v) is 5.12. The third kappa shape index (κ3) is 2.31. The number of aliphatic carboxylic acids is 1. The fourth-order valence-electron chi connectivity index (χ4n) is 4.05. The molecule has 2 aliphatic rings. The Bertz CT molecular complexity index is 527. The highest BCUT2D eigenvalue weighted by atomic mass is 16.5. The van der Waals surface area contributed by atoms with E-state index in [4.69, 9.17) is 4.74 Å². The lowest BCUT2D eigenvalue weighted by molar-refractivity contribution is -0.150. The molecule has 1 heterocycles. The van der Waals surface area contributed by atoms with Crippen molar-refractivity contribution in [1.82, 2.24) is 0 Å². The highest BCUT2D eigenvalue weighted by Gasteiger charge is 2.52. The summed E-state index contributed by atoms with van der Waals surface area (Å²) in [6.45, 7) is 0.395. The molecule has 1 fully saturated rings. The van der Waals surface area contributed by atoms with Crippen LogP contribution < -0.4 is 4.74 Å². The molecule has 0 aromatic heterocycles. The van der Waals surface area contributed by atoms with Gasteiger partial charge in [0.1, 0.15) is 11.2 Å². The Morgan fingerprint density at radius 2 is 1.95 bits per heavy atom. The first-order valence-electron chi connectivity index (χ1n) is 7.80. The Morgan fingerprint density at radius 3 is 2.76 bits per heavy atom. The maximum atomic E-state index is 12.2. The van der Waals surface area contributed by atoms with Gasteiger partial charge in [0.2, 0.25) is 0 Å². The molecule has 0 saturated heterocycles. The average Bonchev–Trinajstić information content (AvgIpc) is 2.71. The van der Waals surface area contributed by atoms with Crippen molar-refractivity contribution >= 4 is 5.97 Å². The van der Waals surface area contributed by atoms with Crippen LogP contribution >= 0.6 is 0 Å². The number of benzene rings is 1. The molecule has 1 aliphatic heterocycles. The predicted octanol–water partition coefficient (Wildman–Crippen LogP) is 2.73. The fraction of sp³-hybridized carbons (Fsp3) is 0.588. The van der Waals surface area contributed by atoms with Crippen LogP contribution in [0.1, 0.15) is 44.1 Å². The van der Waals surface area contributed by atoms with Gasteiger partial charge in [-0.2, -0.15) is 0 Å². The van der Waals surface area contributed by atoms with E-state index in [2.05, 4.69) is 0 Å². The molecule has 3 rings (SSSR count). The number of ether oxygens (including phenoxy) is 1. The number of hydrogen-bond acceptors (Lipinski definition) is 3. The minimum atomic E-state index is -1.02. The van der Waals surface area contributed by atoms with E-state index in [1.54, 1.807) is 0 Å². The van der Waals surface area contributed by atoms with Crippen LogP contribution in [0.5, 0.6) is 5.75 Å². The summed E-state index contributed by atoms with van der Waals surface area (Å²) in [5, 5.41) is 20.6. The van der Waals surface area contributed by atoms with E-state index < -0.39 is 17.5 Å². The van der Waals surface area contributed by atoms with Gasteiger partial charge in [-0.15, -0.1) is 0 Å². The lowest BCUT2D eigenvalue weighted by Gasteiger charge is -2.42. The molecule has 114 valence electrons. The molecular weight excluding hydrogens is 268 g/mol. The monoisotopic (exact) mass is 290 g/mol. The summed E-state index contributed by atoms with van der Waals surface area (Å²) in [7, 11) is 0. The maximum Gasteiger partial charge on any atom is 0.314 e. The van der Waals surface area contributed by atoms with Crippen LogP contribution in [0.25, 0.3) is 0 Å². The van der Waals surface area contributed by atoms with Crippen molar-refractivity contribution in [3.8, 4) is 5.75 Å². The number of carbonyl (C=O) groups is 1. The molecule has 1 aromatic carbocycles. The molecule has 2 N–H and O–H groups in total. The van der Waals surface area contributed by atoms with E-state index in [1.807, 2.05) is 24.3 Å². The van der Waals surface area contributed by atoms with Gasteiger partial charge in [-0.3, -0.25) is 4.79 Å². The van der Waals surface area contributed by atoms with Gasteiger partial charge in [-0.05, 0) is 18.9 Å². The van der Waals surface area contributed by atoms with E-state index in [1.165, 1.54) is 0 Å². The first-order chi connectivity index (χ1) is 10.2. The molecule has 0 amide bonds. The smallest absolute Gasteiger partial charge is 0.314 e. The van der Waals surface area contributed by atoms with E-state index in [0.29, 0.717) is 25.2 Å². The summed E-state index contributed by atoms with van der Waals surface area (Å²) >= 11 is 0. The first-order valence-corrected chi connectivity index (χ1v) is 7.80. The summed E-state index contributed by atoms with van der Waals surface area (Å²) in [6, 6.07) is 7.39. The molecule has 0 radical (unpaired) electrons. The quantitative estimate of drug-likeness (QED) is 0.822. The summed E-state index contributed by atoms with van der Waals surface area (Å²) in [4.78, 5) is 12.2. The third-order valence-electron chi connectivity index (χ3n) is 5.12. The molecule has 0 bridgehead atoms. The number of fused-ring (bicyclic) bond motifs is 1. The van der Waals surface area contributed by atoms with Gasteiger partial charge in [0.15, 0.2) is 0 Å².